The van der Waals surface area contributed by atoms with Crippen molar-refractivity contribution in [3.8, 4) is 0 Å². The van der Waals surface area contributed by atoms with Crippen molar-refractivity contribution in [1.82, 2.24) is 10.2 Å². The standard InChI is InChI=1S/C16H26N2S/c1-18(10-14-6-9-19-11-14)13-16(7-2-3-8-16)12-17-15-4-5-15/h6,9,11,15,17H,2-5,7-8,10,12-13H2,1H3. The molecule has 0 radical (unpaired) electrons. The molecule has 2 saturated carbocycles. The van der Waals surface area contributed by atoms with Crippen LogP contribution in [0.5, 0.6) is 0 Å². The smallest absolute Gasteiger partial charge is 0.0239 e. The molecule has 3 heteroatoms. The molecular weight excluding hydrogens is 252 g/mol. The van der Waals surface area contributed by atoms with Gasteiger partial charge in [0.15, 0.2) is 0 Å². The van der Waals surface area contributed by atoms with Gasteiger partial charge in [-0.3, -0.25) is 0 Å². The molecule has 0 aliphatic heterocycles. The molecule has 1 aromatic heterocycles. The Morgan fingerprint density at radius 1 is 1.37 bits per heavy atom. The van der Waals surface area contributed by atoms with Crippen LogP contribution in [-0.4, -0.2) is 31.1 Å². The van der Waals surface area contributed by atoms with Crippen molar-refractivity contribution in [3.63, 3.8) is 0 Å². The van der Waals surface area contributed by atoms with Crippen LogP contribution in [0, 0.1) is 5.41 Å². The fourth-order valence-corrected chi connectivity index (χ4v) is 4.15. The molecule has 1 aromatic rings. The van der Waals surface area contributed by atoms with E-state index >= 15 is 0 Å². The Labute approximate surface area is 121 Å². The summed E-state index contributed by atoms with van der Waals surface area (Å²) >= 11 is 1.81. The van der Waals surface area contributed by atoms with Gasteiger partial charge in [0.1, 0.15) is 0 Å². The summed E-state index contributed by atoms with van der Waals surface area (Å²) in [5.74, 6) is 0. The van der Waals surface area contributed by atoms with Gasteiger partial charge in [0.25, 0.3) is 0 Å². The van der Waals surface area contributed by atoms with Crippen molar-refractivity contribution in [3.05, 3.63) is 22.4 Å². The lowest BCUT2D eigenvalue weighted by molar-refractivity contribution is 0.167. The quantitative estimate of drug-likeness (QED) is 0.821. The van der Waals surface area contributed by atoms with Crippen molar-refractivity contribution in [2.24, 2.45) is 5.41 Å². The van der Waals surface area contributed by atoms with Crippen LogP contribution in [0.25, 0.3) is 0 Å². The molecule has 2 fully saturated rings. The molecule has 2 aliphatic carbocycles. The number of nitrogens with one attached hydrogen (secondary N) is 1. The first-order chi connectivity index (χ1) is 9.26. The van der Waals surface area contributed by atoms with Crippen LogP contribution < -0.4 is 5.32 Å². The van der Waals surface area contributed by atoms with Crippen LogP contribution >= 0.6 is 11.3 Å². The molecule has 0 aromatic carbocycles. The minimum Gasteiger partial charge on any atom is -0.313 e. The molecule has 0 bridgehead atoms. The van der Waals surface area contributed by atoms with Crippen molar-refractivity contribution in [1.29, 1.82) is 0 Å². The minimum absolute atomic E-state index is 0.549. The van der Waals surface area contributed by atoms with Crippen molar-refractivity contribution in [2.45, 2.75) is 51.1 Å². The monoisotopic (exact) mass is 278 g/mol. The summed E-state index contributed by atoms with van der Waals surface area (Å²) in [6.45, 7) is 3.60. The Kier molecular flexibility index (Phi) is 4.25. The Morgan fingerprint density at radius 2 is 2.16 bits per heavy atom. The Bertz CT molecular complexity index is 377. The highest BCUT2D eigenvalue weighted by molar-refractivity contribution is 7.07. The number of hydrogen-bond acceptors (Lipinski definition) is 3. The maximum absolute atomic E-state index is 3.78. The minimum atomic E-state index is 0.549. The van der Waals surface area contributed by atoms with Gasteiger partial charge >= 0.3 is 0 Å². The zero-order valence-corrected chi connectivity index (χ0v) is 12.8. The molecule has 106 valence electrons. The number of rotatable bonds is 7. The lowest BCUT2D eigenvalue weighted by Crippen LogP contribution is -2.41. The van der Waals surface area contributed by atoms with Gasteiger partial charge in [-0.15, -0.1) is 0 Å². The third kappa shape index (κ3) is 3.80. The summed E-state index contributed by atoms with van der Waals surface area (Å²) in [5, 5.41) is 8.24. The lowest BCUT2D eigenvalue weighted by Gasteiger charge is -2.34. The van der Waals surface area contributed by atoms with Crippen molar-refractivity contribution >= 4 is 11.3 Å². The molecule has 3 rings (SSSR count). The largest absolute Gasteiger partial charge is 0.313 e. The second-order valence-electron chi connectivity index (χ2n) is 6.67. The van der Waals surface area contributed by atoms with Crippen LogP contribution in [0.1, 0.15) is 44.1 Å². The molecule has 1 heterocycles. The number of thiophene rings is 1. The first-order valence-corrected chi connectivity index (χ1v) is 8.63. The highest BCUT2D eigenvalue weighted by Gasteiger charge is 2.36. The molecule has 1 N–H and O–H groups in total. The van der Waals surface area contributed by atoms with E-state index in [1.165, 1.54) is 57.2 Å². The van der Waals surface area contributed by atoms with E-state index in [-0.39, 0.29) is 0 Å². The van der Waals surface area contributed by atoms with Gasteiger partial charge in [-0.25, -0.2) is 0 Å². The first kappa shape index (κ1) is 13.6. The van der Waals surface area contributed by atoms with E-state index in [0.717, 1.165) is 12.6 Å². The Hall–Kier alpha value is -0.380. The zero-order chi connectivity index (χ0) is 13.1. The first-order valence-electron chi connectivity index (χ1n) is 7.69. The Morgan fingerprint density at radius 3 is 2.79 bits per heavy atom. The van der Waals surface area contributed by atoms with Crippen molar-refractivity contribution in [2.75, 3.05) is 20.1 Å². The van der Waals surface area contributed by atoms with Gasteiger partial charge in [0, 0.05) is 25.7 Å². The van der Waals surface area contributed by atoms with E-state index in [1.807, 2.05) is 0 Å². The Balaban J connectivity index is 1.53. The van der Waals surface area contributed by atoms with Gasteiger partial charge in [0.2, 0.25) is 0 Å². The average molecular weight is 278 g/mol. The molecule has 19 heavy (non-hydrogen) atoms. The second-order valence-corrected chi connectivity index (χ2v) is 7.45. The van der Waals surface area contributed by atoms with E-state index in [4.69, 9.17) is 0 Å². The molecule has 0 unspecified atom stereocenters. The molecule has 2 nitrogen and oxygen atoms in total. The second kappa shape index (κ2) is 5.94. The van der Waals surface area contributed by atoms with Gasteiger partial charge in [0.05, 0.1) is 0 Å². The maximum Gasteiger partial charge on any atom is 0.0239 e. The zero-order valence-electron chi connectivity index (χ0n) is 12.0. The SMILES string of the molecule is CN(Cc1ccsc1)CC1(CNC2CC2)CCCC1. The van der Waals surface area contributed by atoms with Gasteiger partial charge in [-0.2, -0.15) is 11.3 Å². The maximum atomic E-state index is 3.78. The average Bonchev–Trinajstić information content (AvgIpc) is 2.87. The topological polar surface area (TPSA) is 15.3 Å². The number of nitrogens with zero attached hydrogens (tertiary/aromatic N) is 1. The third-order valence-electron chi connectivity index (χ3n) is 4.65. The predicted molar refractivity (Wildman–Crippen MR) is 82.6 cm³/mol. The summed E-state index contributed by atoms with van der Waals surface area (Å²) in [6.07, 6.45) is 8.50. The van der Waals surface area contributed by atoms with Crippen LogP contribution in [0.3, 0.4) is 0 Å². The molecule has 2 aliphatic rings. The molecular formula is C16H26N2S. The fraction of sp³-hybridized carbons (Fsp3) is 0.750. The summed E-state index contributed by atoms with van der Waals surface area (Å²) in [7, 11) is 2.29. The van der Waals surface area contributed by atoms with E-state index in [9.17, 15) is 0 Å². The van der Waals surface area contributed by atoms with Crippen LogP contribution in [0.15, 0.2) is 16.8 Å². The number of hydrogen-bond donors (Lipinski definition) is 1. The third-order valence-corrected chi connectivity index (χ3v) is 5.38. The lowest BCUT2D eigenvalue weighted by atomic mass is 9.85. The highest BCUT2D eigenvalue weighted by Crippen LogP contribution is 2.39. The van der Waals surface area contributed by atoms with E-state index in [1.54, 1.807) is 11.3 Å². The normalized spacial score (nSPS) is 22.2. The molecule has 0 atom stereocenters. The highest BCUT2D eigenvalue weighted by atomic mass is 32.1. The van der Waals surface area contributed by atoms with Gasteiger partial charge in [-0.1, -0.05) is 12.8 Å². The summed E-state index contributed by atoms with van der Waals surface area (Å²) in [5.41, 5.74) is 2.02. The van der Waals surface area contributed by atoms with E-state index in [0.29, 0.717) is 5.41 Å². The summed E-state index contributed by atoms with van der Waals surface area (Å²) in [6, 6.07) is 3.10. The molecule has 0 amide bonds. The van der Waals surface area contributed by atoms with Crippen LogP contribution in [0.4, 0.5) is 0 Å². The van der Waals surface area contributed by atoms with E-state index < -0.39 is 0 Å². The van der Waals surface area contributed by atoms with Gasteiger partial charge < -0.3 is 10.2 Å². The predicted octanol–water partition coefficient (Wildman–Crippen LogP) is 3.49. The van der Waals surface area contributed by atoms with Gasteiger partial charge in [-0.05, 0) is 60.5 Å². The summed E-state index contributed by atoms with van der Waals surface area (Å²) in [4.78, 5) is 2.53. The molecule has 0 spiro atoms. The fourth-order valence-electron chi connectivity index (χ4n) is 3.49. The van der Waals surface area contributed by atoms with E-state index in [2.05, 4.69) is 34.1 Å². The van der Waals surface area contributed by atoms with Crippen LogP contribution in [-0.2, 0) is 6.54 Å². The van der Waals surface area contributed by atoms with Crippen LogP contribution in [0.2, 0.25) is 0 Å². The van der Waals surface area contributed by atoms with Crippen molar-refractivity contribution < 1.29 is 0 Å². The summed E-state index contributed by atoms with van der Waals surface area (Å²) < 4.78 is 0. The molecule has 0 saturated heterocycles.